The molecular formula is C16H15BrF2O2. The minimum atomic E-state index is -1.38. The fourth-order valence-corrected chi connectivity index (χ4v) is 2.31. The Hall–Kier alpha value is -1.46. The smallest absolute Gasteiger partial charge is 0.146 e. The Morgan fingerprint density at radius 2 is 1.67 bits per heavy atom. The van der Waals surface area contributed by atoms with Crippen molar-refractivity contribution in [2.75, 3.05) is 0 Å². The number of hydrogen-bond acceptors (Lipinski definition) is 2. The topological polar surface area (TPSA) is 29.5 Å². The Balaban J connectivity index is 2.32. The maximum atomic E-state index is 14.0. The molecule has 0 saturated carbocycles. The second kappa shape index (κ2) is 6.54. The summed E-state index contributed by atoms with van der Waals surface area (Å²) < 4.78 is 33.3. The van der Waals surface area contributed by atoms with Crippen molar-refractivity contribution in [2.24, 2.45) is 0 Å². The number of aliphatic hydroxyl groups is 1. The largest absolute Gasteiger partial charge is 0.491 e. The third-order valence-electron chi connectivity index (χ3n) is 2.92. The minimum Gasteiger partial charge on any atom is -0.491 e. The zero-order chi connectivity index (χ0) is 15.6. The van der Waals surface area contributed by atoms with Gasteiger partial charge < -0.3 is 9.84 Å². The van der Waals surface area contributed by atoms with E-state index in [9.17, 15) is 13.9 Å². The molecular weight excluding hydrogens is 342 g/mol. The van der Waals surface area contributed by atoms with Crippen LogP contribution < -0.4 is 4.74 Å². The van der Waals surface area contributed by atoms with E-state index in [1.165, 1.54) is 6.07 Å². The van der Waals surface area contributed by atoms with Gasteiger partial charge in [-0.2, -0.15) is 0 Å². The Bertz CT molecular complexity index is 627. The number of ether oxygens (including phenoxy) is 1. The van der Waals surface area contributed by atoms with Crippen LogP contribution >= 0.6 is 15.9 Å². The van der Waals surface area contributed by atoms with Crippen molar-refractivity contribution in [2.45, 2.75) is 26.1 Å². The highest BCUT2D eigenvalue weighted by atomic mass is 79.9. The number of halogens is 3. The molecule has 0 aromatic heterocycles. The molecule has 0 aliphatic heterocycles. The van der Waals surface area contributed by atoms with E-state index in [0.29, 0.717) is 11.3 Å². The van der Waals surface area contributed by atoms with Gasteiger partial charge in [-0.1, -0.05) is 12.1 Å². The molecule has 1 atom stereocenters. The highest BCUT2D eigenvalue weighted by Crippen LogP contribution is 2.31. The molecule has 0 amide bonds. The monoisotopic (exact) mass is 356 g/mol. The van der Waals surface area contributed by atoms with E-state index in [0.717, 1.165) is 6.07 Å². The molecule has 2 aromatic rings. The van der Waals surface area contributed by atoms with Crippen LogP contribution in [0.2, 0.25) is 0 Å². The van der Waals surface area contributed by atoms with Gasteiger partial charge in [-0.25, -0.2) is 8.78 Å². The number of hydrogen-bond donors (Lipinski definition) is 1. The molecule has 2 aromatic carbocycles. The first-order valence-electron chi connectivity index (χ1n) is 6.48. The van der Waals surface area contributed by atoms with E-state index in [2.05, 4.69) is 15.9 Å². The van der Waals surface area contributed by atoms with Crippen LogP contribution in [0.25, 0.3) is 0 Å². The average molecular weight is 357 g/mol. The Labute approximate surface area is 130 Å². The third kappa shape index (κ3) is 3.60. The molecule has 0 fully saturated rings. The third-order valence-corrected chi connectivity index (χ3v) is 3.53. The van der Waals surface area contributed by atoms with Crippen molar-refractivity contribution in [1.82, 2.24) is 0 Å². The summed E-state index contributed by atoms with van der Waals surface area (Å²) in [6.45, 7) is 3.80. The molecule has 0 spiro atoms. The predicted molar refractivity (Wildman–Crippen MR) is 80.3 cm³/mol. The molecule has 1 unspecified atom stereocenters. The normalized spacial score (nSPS) is 12.5. The predicted octanol–water partition coefficient (Wildman–Crippen LogP) is 4.60. The Kier molecular flexibility index (Phi) is 4.96. The molecule has 2 rings (SSSR count). The lowest BCUT2D eigenvalue weighted by Crippen LogP contribution is -2.08. The first-order valence-corrected chi connectivity index (χ1v) is 7.27. The van der Waals surface area contributed by atoms with Gasteiger partial charge in [-0.3, -0.25) is 0 Å². The van der Waals surface area contributed by atoms with Crippen molar-refractivity contribution >= 4 is 15.9 Å². The highest BCUT2D eigenvalue weighted by molar-refractivity contribution is 9.10. The van der Waals surface area contributed by atoms with Crippen LogP contribution in [0, 0.1) is 11.6 Å². The van der Waals surface area contributed by atoms with Crippen LogP contribution in [-0.4, -0.2) is 11.2 Å². The molecule has 5 heteroatoms. The van der Waals surface area contributed by atoms with Crippen LogP contribution in [0.3, 0.4) is 0 Å². The second-order valence-electron chi connectivity index (χ2n) is 4.90. The summed E-state index contributed by atoms with van der Waals surface area (Å²) in [7, 11) is 0. The minimum absolute atomic E-state index is 0.0285. The first kappa shape index (κ1) is 15.9. The van der Waals surface area contributed by atoms with Crippen molar-refractivity contribution in [3.63, 3.8) is 0 Å². The summed E-state index contributed by atoms with van der Waals surface area (Å²) in [5, 5.41) is 10.2. The lowest BCUT2D eigenvalue weighted by Gasteiger charge is -2.15. The van der Waals surface area contributed by atoms with E-state index >= 15 is 0 Å². The molecule has 1 N–H and O–H groups in total. The average Bonchev–Trinajstić information content (AvgIpc) is 2.43. The second-order valence-corrected chi connectivity index (χ2v) is 5.75. The van der Waals surface area contributed by atoms with Gasteiger partial charge in [-0.15, -0.1) is 0 Å². The van der Waals surface area contributed by atoms with Crippen LogP contribution in [0.1, 0.15) is 31.1 Å². The summed E-state index contributed by atoms with van der Waals surface area (Å²) in [6.07, 6.45) is -1.35. The van der Waals surface area contributed by atoms with Crippen LogP contribution in [0.4, 0.5) is 8.78 Å². The molecule has 0 heterocycles. The van der Waals surface area contributed by atoms with Crippen LogP contribution in [0.15, 0.2) is 40.9 Å². The Morgan fingerprint density at radius 1 is 1.05 bits per heavy atom. The van der Waals surface area contributed by atoms with Crippen LogP contribution in [0.5, 0.6) is 5.75 Å². The molecule has 0 aliphatic carbocycles. The van der Waals surface area contributed by atoms with Crippen molar-refractivity contribution in [3.05, 3.63) is 63.6 Å². The van der Waals surface area contributed by atoms with Gasteiger partial charge in [-0.05, 0) is 59.6 Å². The van der Waals surface area contributed by atoms with Gasteiger partial charge in [0.15, 0.2) is 0 Å². The van der Waals surface area contributed by atoms with E-state index in [1.807, 2.05) is 13.8 Å². The summed E-state index contributed by atoms with van der Waals surface area (Å²) in [6, 6.07) is 8.87. The number of benzene rings is 2. The van der Waals surface area contributed by atoms with Gasteiger partial charge in [0, 0.05) is 0 Å². The lowest BCUT2D eigenvalue weighted by atomic mass is 10.0. The summed E-state index contributed by atoms with van der Waals surface area (Å²) in [5.41, 5.74) is 0.0175. The van der Waals surface area contributed by atoms with E-state index in [4.69, 9.17) is 4.74 Å². The van der Waals surface area contributed by atoms with Gasteiger partial charge in [0.1, 0.15) is 23.5 Å². The quantitative estimate of drug-likeness (QED) is 0.811. The van der Waals surface area contributed by atoms with E-state index in [-0.39, 0.29) is 16.1 Å². The summed E-state index contributed by atoms with van der Waals surface area (Å²) >= 11 is 2.99. The molecule has 2 nitrogen and oxygen atoms in total. The van der Waals surface area contributed by atoms with Gasteiger partial charge in [0.05, 0.1) is 16.1 Å². The zero-order valence-corrected chi connectivity index (χ0v) is 13.2. The van der Waals surface area contributed by atoms with Gasteiger partial charge in [0.2, 0.25) is 0 Å². The molecule has 0 radical (unpaired) electrons. The van der Waals surface area contributed by atoms with Gasteiger partial charge >= 0.3 is 0 Å². The van der Waals surface area contributed by atoms with E-state index < -0.39 is 17.7 Å². The van der Waals surface area contributed by atoms with Crippen molar-refractivity contribution < 1.29 is 18.6 Å². The highest BCUT2D eigenvalue weighted by Gasteiger charge is 2.21. The van der Waals surface area contributed by atoms with E-state index in [1.54, 1.807) is 24.3 Å². The number of rotatable bonds is 4. The summed E-state index contributed by atoms with van der Waals surface area (Å²) in [5.74, 6) is -0.952. The fourth-order valence-electron chi connectivity index (χ4n) is 1.96. The molecule has 0 bridgehead atoms. The summed E-state index contributed by atoms with van der Waals surface area (Å²) in [4.78, 5) is 0. The van der Waals surface area contributed by atoms with Crippen molar-refractivity contribution in [3.8, 4) is 5.75 Å². The lowest BCUT2D eigenvalue weighted by molar-refractivity contribution is 0.208. The molecule has 21 heavy (non-hydrogen) atoms. The molecule has 0 aliphatic rings. The molecule has 112 valence electrons. The number of aliphatic hydroxyl groups excluding tert-OH is 1. The standard InChI is InChI=1S/C16H15BrF2O2/c1-9(2)21-11-5-3-10(4-6-11)16(20)14-13(18)8-7-12(17)15(14)19/h3-9,16,20H,1-2H3. The maximum Gasteiger partial charge on any atom is 0.146 e. The van der Waals surface area contributed by atoms with Crippen LogP contribution in [-0.2, 0) is 0 Å². The SMILES string of the molecule is CC(C)Oc1ccc(C(O)c2c(F)ccc(Br)c2F)cc1. The Morgan fingerprint density at radius 3 is 2.24 bits per heavy atom. The van der Waals surface area contributed by atoms with Crippen molar-refractivity contribution in [1.29, 1.82) is 0 Å². The fraction of sp³-hybridized carbons (Fsp3) is 0.250. The molecule has 0 saturated heterocycles. The van der Waals surface area contributed by atoms with Gasteiger partial charge in [0.25, 0.3) is 0 Å². The zero-order valence-electron chi connectivity index (χ0n) is 11.6. The first-order chi connectivity index (χ1) is 9.90. The maximum absolute atomic E-state index is 14.0.